The number of ether oxygens (including phenoxy) is 3. The van der Waals surface area contributed by atoms with E-state index in [-0.39, 0.29) is 5.91 Å². The van der Waals surface area contributed by atoms with Crippen LogP contribution >= 0.6 is 0 Å². The fourth-order valence-electron chi connectivity index (χ4n) is 2.72. The molecular formula is C21H25NO5. The van der Waals surface area contributed by atoms with Gasteiger partial charge in [-0.2, -0.15) is 0 Å². The van der Waals surface area contributed by atoms with Crippen molar-refractivity contribution in [2.45, 2.75) is 13.5 Å². The molecule has 0 spiro atoms. The van der Waals surface area contributed by atoms with Crippen LogP contribution in [0.3, 0.4) is 0 Å². The molecule has 27 heavy (non-hydrogen) atoms. The number of carbonyl (C=O) groups excluding carboxylic acids is 1. The quantitative estimate of drug-likeness (QED) is 0.694. The van der Waals surface area contributed by atoms with Crippen LogP contribution in [0, 0.1) is 0 Å². The summed E-state index contributed by atoms with van der Waals surface area (Å²) in [6.45, 7) is 6.01. The van der Waals surface area contributed by atoms with E-state index in [9.17, 15) is 4.79 Å². The highest BCUT2D eigenvalue weighted by Gasteiger charge is 2.20. The summed E-state index contributed by atoms with van der Waals surface area (Å²) in [5.41, 5.74) is 1.31. The third-order valence-electron chi connectivity index (χ3n) is 4.03. The van der Waals surface area contributed by atoms with Crippen LogP contribution in [-0.2, 0) is 6.54 Å². The third kappa shape index (κ3) is 4.34. The zero-order chi connectivity index (χ0) is 20.0. The highest BCUT2D eigenvalue weighted by Crippen LogP contribution is 2.38. The highest BCUT2D eigenvalue weighted by molar-refractivity contribution is 5.95. The Bertz CT molecular complexity index is 825. The molecule has 1 amide bonds. The van der Waals surface area contributed by atoms with Crippen LogP contribution < -0.4 is 14.2 Å². The van der Waals surface area contributed by atoms with Crippen molar-refractivity contribution in [1.82, 2.24) is 4.90 Å². The number of allylic oxidation sites excluding steroid dienone is 1. The average molecular weight is 371 g/mol. The number of hydrogen-bond acceptors (Lipinski definition) is 5. The van der Waals surface area contributed by atoms with Crippen molar-refractivity contribution in [2.75, 3.05) is 28.4 Å². The van der Waals surface area contributed by atoms with E-state index in [4.69, 9.17) is 18.6 Å². The van der Waals surface area contributed by atoms with E-state index in [0.29, 0.717) is 35.1 Å². The summed E-state index contributed by atoms with van der Waals surface area (Å²) >= 11 is 0. The van der Waals surface area contributed by atoms with Gasteiger partial charge in [-0.25, -0.2) is 0 Å². The van der Waals surface area contributed by atoms with Crippen molar-refractivity contribution in [3.05, 3.63) is 53.5 Å². The smallest absolute Gasteiger partial charge is 0.254 e. The molecule has 0 aliphatic carbocycles. The van der Waals surface area contributed by atoms with Crippen LogP contribution in [0.1, 0.15) is 34.4 Å². The van der Waals surface area contributed by atoms with Gasteiger partial charge in [-0.1, -0.05) is 18.7 Å². The molecule has 1 heterocycles. The lowest BCUT2D eigenvalue weighted by Crippen LogP contribution is -2.26. The van der Waals surface area contributed by atoms with Gasteiger partial charge in [0.2, 0.25) is 5.75 Å². The number of rotatable bonds is 8. The van der Waals surface area contributed by atoms with Crippen molar-refractivity contribution in [3.8, 4) is 17.2 Å². The van der Waals surface area contributed by atoms with Crippen molar-refractivity contribution in [1.29, 1.82) is 0 Å². The summed E-state index contributed by atoms with van der Waals surface area (Å²) in [6.07, 6.45) is 5.48. The molecule has 0 aliphatic rings. The second-order valence-electron chi connectivity index (χ2n) is 5.81. The highest BCUT2D eigenvalue weighted by atomic mass is 16.5. The van der Waals surface area contributed by atoms with E-state index in [0.717, 1.165) is 11.3 Å². The Kier molecular flexibility index (Phi) is 6.71. The Balaban J connectivity index is 2.28. The van der Waals surface area contributed by atoms with Crippen molar-refractivity contribution < 1.29 is 23.4 Å². The molecule has 1 aromatic heterocycles. The number of furan rings is 1. The molecule has 6 nitrogen and oxygen atoms in total. The largest absolute Gasteiger partial charge is 0.493 e. The minimum Gasteiger partial charge on any atom is -0.493 e. The molecule has 0 unspecified atom stereocenters. The van der Waals surface area contributed by atoms with E-state index in [1.807, 2.05) is 25.1 Å². The average Bonchev–Trinajstić information content (AvgIpc) is 3.07. The first-order chi connectivity index (χ1) is 13.0. The Hall–Kier alpha value is -3.15. The first-order valence-electron chi connectivity index (χ1n) is 8.42. The Labute approximate surface area is 159 Å². The lowest BCUT2D eigenvalue weighted by atomic mass is 10.1. The molecule has 0 N–H and O–H groups in total. The predicted octanol–water partition coefficient (Wildman–Crippen LogP) is 4.25. The topological polar surface area (TPSA) is 61.1 Å². The fraction of sp³-hybridized carbons (Fsp3) is 0.286. The maximum Gasteiger partial charge on any atom is 0.254 e. The third-order valence-corrected chi connectivity index (χ3v) is 4.03. The van der Waals surface area contributed by atoms with Gasteiger partial charge in [0.05, 0.1) is 27.9 Å². The zero-order valence-electron chi connectivity index (χ0n) is 16.4. The van der Waals surface area contributed by atoms with Crippen LogP contribution in [0.5, 0.6) is 17.2 Å². The number of methoxy groups -OCH3 is 3. The maximum atomic E-state index is 12.9. The molecule has 0 saturated carbocycles. The van der Waals surface area contributed by atoms with Crippen LogP contribution in [0.2, 0.25) is 0 Å². The molecule has 1 aromatic carbocycles. The van der Waals surface area contributed by atoms with Gasteiger partial charge in [-0.05, 0) is 31.2 Å². The van der Waals surface area contributed by atoms with Gasteiger partial charge in [0.1, 0.15) is 11.5 Å². The lowest BCUT2D eigenvalue weighted by Gasteiger charge is -2.18. The number of hydrogen-bond donors (Lipinski definition) is 0. The molecule has 0 aliphatic heterocycles. The number of amides is 1. The van der Waals surface area contributed by atoms with Crippen LogP contribution in [0.4, 0.5) is 0 Å². The van der Waals surface area contributed by atoms with E-state index in [2.05, 4.69) is 6.58 Å². The van der Waals surface area contributed by atoms with Gasteiger partial charge >= 0.3 is 0 Å². The molecule has 0 radical (unpaired) electrons. The van der Waals surface area contributed by atoms with E-state index in [1.54, 1.807) is 30.2 Å². The molecule has 2 aromatic rings. The Morgan fingerprint density at radius 2 is 1.78 bits per heavy atom. The first-order valence-corrected chi connectivity index (χ1v) is 8.42. The minimum atomic E-state index is -0.196. The molecule has 2 rings (SSSR count). The van der Waals surface area contributed by atoms with E-state index in [1.165, 1.54) is 21.3 Å². The molecule has 6 heteroatoms. The van der Waals surface area contributed by atoms with Gasteiger partial charge in [-0.15, -0.1) is 0 Å². The summed E-state index contributed by atoms with van der Waals surface area (Å²) in [5.74, 6) is 2.49. The normalized spacial score (nSPS) is 10.7. The van der Waals surface area contributed by atoms with Gasteiger partial charge in [-0.3, -0.25) is 4.79 Å². The molecule has 0 fully saturated rings. The van der Waals surface area contributed by atoms with E-state index >= 15 is 0 Å². The molecular weight excluding hydrogens is 346 g/mol. The van der Waals surface area contributed by atoms with Gasteiger partial charge < -0.3 is 23.5 Å². The van der Waals surface area contributed by atoms with Crippen molar-refractivity contribution >= 4 is 18.1 Å². The summed E-state index contributed by atoms with van der Waals surface area (Å²) in [7, 11) is 6.25. The molecule has 0 saturated heterocycles. The van der Waals surface area contributed by atoms with Crippen molar-refractivity contribution in [3.63, 3.8) is 0 Å². The SMILES string of the molecule is C=Cc1cc(CN(C)C(=O)c2cc(OC)c(OC)c(OC)c2)oc1/C=C\C. The first kappa shape index (κ1) is 20.2. The maximum absolute atomic E-state index is 12.9. The Morgan fingerprint density at radius 1 is 1.15 bits per heavy atom. The Morgan fingerprint density at radius 3 is 2.26 bits per heavy atom. The van der Waals surface area contributed by atoms with Crippen LogP contribution in [0.15, 0.2) is 35.3 Å². The second kappa shape index (κ2) is 8.98. The standard InChI is InChI=1S/C21H25NO5/c1-7-9-17-14(8-2)10-16(27-17)13-22(3)21(23)15-11-18(24-4)20(26-6)19(12-15)25-5/h7-12H,2,13H2,1,3-6H3/b9-7-. The molecule has 0 atom stereocenters. The fourth-order valence-corrected chi connectivity index (χ4v) is 2.72. The van der Waals surface area contributed by atoms with Gasteiger partial charge in [0.15, 0.2) is 11.5 Å². The predicted molar refractivity (Wildman–Crippen MR) is 105 cm³/mol. The van der Waals surface area contributed by atoms with Crippen molar-refractivity contribution in [2.24, 2.45) is 0 Å². The summed E-state index contributed by atoms with van der Waals surface area (Å²) < 4.78 is 21.7. The molecule has 144 valence electrons. The number of carbonyl (C=O) groups is 1. The monoisotopic (exact) mass is 371 g/mol. The van der Waals surface area contributed by atoms with Gasteiger partial charge in [0, 0.05) is 18.2 Å². The van der Waals surface area contributed by atoms with E-state index < -0.39 is 0 Å². The number of benzene rings is 1. The van der Waals surface area contributed by atoms with Gasteiger partial charge in [0.25, 0.3) is 5.91 Å². The zero-order valence-corrected chi connectivity index (χ0v) is 16.4. The van der Waals surface area contributed by atoms with Crippen LogP contribution in [0.25, 0.3) is 12.2 Å². The lowest BCUT2D eigenvalue weighted by molar-refractivity contribution is 0.0774. The summed E-state index contributed by atoms with van der Waals surface area (Å²) in [4.78, 5) is 14.4. The second-order valence-corrected chi connectivity index (χ2v) is 5.81. The summed E-state index contributed by atoms with van der Waals surface area (Å²) in [5, 5.41) is 0. The van der Waals surface area contributed by atoms with Crippen LogP contribution in [-0.4, -0.2) is 39.2 Å². The molecule has 0 bridgehead atoms. The number of nitrogens with zero attached hydrogens (tertiary/aromatic N) is 1. The summed E-state index contributed by atoms with van der Waals surface area (Å²) in [6, 6.07) is 5.13. The minimum absolute atomic E-state index is 0.196.